The van der Waals surface area contributed by atoms with Gasteiger partial charge in [0.1, 0.15) is 0 Å². The van der Waals surface area contributed by atoms with E-state index in [0.717, 1.165) is 31.9 Å². The summed E-state index contributed by atoms with van der Waals surface area (Å²) in [5.74, 6) is -0.223. The van der Waals surface area contributed by atoms with Gasteiger partial charge >= 0.3 is 0 Å². The minimum absolute atomic E-state index is 0.0263. The van der Waals surface area contributed by atoms with Gasteiger partial charge in [-0.2, -0.15) is 0 Å². The van der Waals surface area contributed by atoms with Gasteiger partial charge < -0.3 is 19.9 Å². The summed E-state index contributed by atoms with van der Waals surface area (Å²) in [6, 6.07) is 8.26. The average molecular weight is 347 g/mol. The highest BCUT2D eigenvalue weighted by molar-refractivity contribution is 5.87. The Morgan fingerprint density at radius 1 is 1.16 bits per heavy atom. The number of likely N-dealkylation sites (N-methyl/N-ethyl adjacent to an activating group) is 1. The molecule has 0 aliphatic carbocycles. The standard InChI is InChI=1S/C19H29N3O3/c1-19(2,3)18(24)20-13-17(23)21(4)14-15-5-7-16(8-6-15)22-9-11-25-12-10-22/h5-8H,9-14H2,1-4H3,(H,20,24). The van der Waals surface area contributed by atoms with Gasteiger partial charge in [-0.15, -0.1) is 0 Å². The van der Waals surface area contributed by atoms with Crippen LogP contribution in [0.1, 0.15) is 26.3 Å². The van der Waals surface area contributed by atoms with E-state index in [9.17, 15) is 9.59 Å². The number of anilines is 1. The zero-order valence-electron chi connectivity index (χ0n) is 15.7. The maximum Gasteiger partial charge on any atom is 0.242 e. The molecule has 2 amide bonds. The van der Waals surface area contributed by atoms with Gasteiger partial charge in [-0.3, -0.25) is 9.59 Å². The van der Waals surface area contributed by atoms with E-state index in [0.29, 0.717) is 6.54 Å². The van der Waals surface area contributed by atoms with E-state index < -0.39 is 5.41 Å². The molecule has 1 aromatic carbocycles. The Labute approximate surface area is 150 Å². The number of benzene rings is 1. The van der Waals surface area contributed by atoms with Crippen LogP contribution in [0.2, 0.25) is 0 Å². The van der Waals surface area contributed by atoms with Crippen molar-refractivity contribution >= 4 is 17.5 Å². The number of ether oxygens (including phenoxy) is 1. The maximum atomic E-state index is 12.2. The molecule has 0 unspecified atom stereocenters. The molecule has 1 aliphatic rings. The van der Waals surface area contributed by atoms with Crippen molar-refractivity contribution in [1.82, 2.24) is 10.2 Å². The second-order valence-electron chi connectivity index (χ2n) is 7.45. The molecular weight excluding hydrogens is 318 g/mol. The number of hydrogen-bond donors (Lipinski definition) is 1. The molecule has 138 valence electrons. The minimum Gasteiger partial charge on any atom is -0.378 e. The Balaban J connectivity index is 1.84. The van der Waals surface area contributed by atoms with Gasteiger partial charge in [0.25, 0.3) is 0 Å². The number of amides is 2. The predicted molar refractivity (Wildman–Crippen MR) is 98.4 cm³/mol. The third-order valence-corrected chi connectivity index (χ3v) is 4.24. The molecule has 1 N–H and O–H groups in total. The van der Waals surface area contributed by atoms with Crippen molar-refractivity contribution in [3.63, 3.8) is 0 Å². The third-order valence-electron chi connectivity index (χ3n) is 4.24. The summed E-state index contributed by atoms with van der Waals surface area (Å²) in [5.41, 5.74) is 1.75. The molecule has 0 spiro atoms. The van der Waals surface area contributed by atoms with E-state index in [4.69, 9.17) is 4.74 Å². The normalized spacial score (nSPS) is 15.0. The van der Waals surface area contributed by atoms with Crippen LogP contribution in [0.4, 0.5) is 5.69 Å². The molecule has 0 bridgehead atoms. The molecule has 6 heteroatoms. The Kier molecular flexibility index (Phi) is 6.42. The van der Waals surface area contributed by atoms with Crippen molar-refractivity contribution in [2.75, 3.05) is 44.8 Å². The molecular formula is C19H29N3O3. The highest BCUT2D eigenvalue weighted by Gasteiger charge is 2.22. The Morgan fingerprint density at radius 3 is 2.32 bits per heavy atom. The van der Waals surface area contributed by atoms with Gasteiger partial charge in [0.15, 0.2) is 0 Å². The minimum atomic E-state index is -0.492. The molecule has 1 saturated heterocycles. The van der Waals surface area contributed by atoms with Crippen molar-refractivity contribution in [3.8, 4) is 0 Å². The summed E-state index contributed by atoms with van der Waals surface area (Å²) in [4.78, 5) is 28.0. The molecule has 0 radical (unpaired) electrons. The second-order valence-corrected chi connectivity index (χ2v) is 7.45. The third kappa shape index (κ3) is 5.74. The van der Waals surface area contributed by atoms with Crippen LogP contribution in [0.25, 0.3) is 0 Å². The smallest absolute Gasteiger partial charge is 0.242 e. The SMILES string of the molecule is CN(Cc1ccc(N2CCOCC2)cc1)C(=O)CNC(=O)C(C)(C)C. The second kappa shape index (κ2) is 8.34. The number of rotatable bonds is 5. The van der Waals surface area contributed by atoms with E-state index in [-0.39, 0.29) is 18.4 Å². The van der Waals surface area contributed by atoms with Crippen LogP contribution in [0.15, 0.2) is 24.3 Å². The van der Waals surface area contributed by atoms with Crippen LogP contribution in [-0.4, -0.2) is 56.6 Å². The molecule has 0 aromatic heterocycles. The average Bonchev–Trinajstić information content (AvgIpc) is 2.59. The lowest BCUT2D eigenvalue weighted by molar-refractivity contribution is -0.134. The lowest BCUT2D eigenvalue weighted by Gasteiger charge is -2.29. The van der Waals surface area contributed by atoms with Crippen LogP contribution >= 0.6 is 0 Å². The summed E-state index contributed by atoms with van der Waals surface area (Å²) in [6.07, 6.45) is 0. The van der Waals surface area contributed by atoms with E-state index in [1.165, 1.54) is 5.69 Å². The lowest BCUT2D eigenvalue weighted by Crippen LogP contribution is -2.42. The molecule has 1 aliphatic heterocycles. The first-order valence-electron chi connectivity index (χ1n) is 8.71. The van der Waals surface area contributed by atoms with Crippen LogP contribution < -0.4 is 10.2 Å². The number of carbonyl (C=O) groups is 2. The largest absolute Gasteiger partial charge is 0.378 e. The Bertz CT molecular complexity index is 587. The molecule has 25 heavy (non-hydrogen) atoms. The first-order chi connectivity index (χ1) is 11.8. The summed E-state index contributed by atoms with van der Waals surface area (Å²) in [5, 5.41) is 2.69. The fraction of sp³-hybridized carbons (Fsp3) is 0.579. The van der Waals surface area contributed by atoms with E-state index in [2.05, 4.69) is 22.3 Å². The number of morpholine rings is 1. The van der Waals surface area contributed by atoms with Gasteiger partial charge in [-0.25, -0.2) is 0 Å². The highest BCUT2D eigenvalue weighted by Crippen LogP contribution is 2.17. The van der Waals surface area contributed by atoms with Gasteiger partial charge in [0.2, 0.25) is 11.8 Å². The predicted octanol–water partition coefficient (Wildman–Crippen LogP) is 1.64. The van der Waals surface area contributed by atoms with Crippen molar-refractivity contribution in [2.45, 2.75) is 27.3 Å². The topological polar surface area (TPSA) is 61.9 Å². The summed E-state index contributed by atoms with van der Waals surface area (Å²) < 4.78 is 5.37. The molecule has 6 nitrogen and oxygen atoms in total. The zero-order chi connectivity index (χ0) is 18.4. The summed E-state index contributed by atoms with van der Waals surface area (Å²) >= 11 is 0. The van der Waals surface area contributed by atoms with Crippen LogP contribution in [0.3, 0.4) is 0 Å². The molecule has 0 saturated carbocycles. The van der Waals surface area contributed by atoms with Crippen LogP contribution in [0, 0.1) is 5.41 Å². The fourth-order valence-corrected chi connectivity index (χ4v) is 2.55. The quantitative estimate of drug-likeness (QED) is 0.880. The Morgan fingerprint density at radius 2 is 1.76 bits per heavy atom. The monoisotopic (exact) mass is 347 g/mol. The van der Waals surface area contributed by atoms with Crippen LogP contribution in [0.5, 0.6) is 0 Å². The number of nitrogens with one attached hydrogen (secondary N) is 1. The van der Waals surface area contributed by atoms with Gasteiger partial charge in [0.05, 0.1) is 19.8 Å². The number of hydrogen-bond acceptors (Lipinski definition) is 4. The van der Waals surface area contributed by atoms with E-state index in [1.54, 1.807) is 11.9 Å². The van der Waals surface area contributed by atoms with E-state index >= 15 is 0 Å². The van der Waals surface area contributed by atoms with Crippen molar-refractivity contribution in [2.24, 2.45) is 5.41 Å². The molecule has 2 rings (SSSR count). The Hall–Kier alpha value is -2.08. The molecule has 1 fully saturated rings. The van der Waals surface area contributed by atoms with Gasteiger partial charge in [-0.05, 0) is 17.7 Å². The molecule has 0 atom stereocenters. The lowest BCUT2D eigenvalue weighted by atomic mass is 9.96. The van der Waals surface area contributed by atoms with Gasteiger partial charge in [0, 0.05) is 37.8 Å². The van der Waals surface area contributed by atoms with Crippen molar-refractivity contribution < 1.29 is 14.3 Å². The van der Waals surface area contributed by atoms with E-state index in [1.807, 2.05) is 32.9 Å². The van der Waals surface area contributed by atoms with Crippen molar-refractivity contribution in [3.05, 3.63) is 29.8 Å². The van der Waals surface area contributed by atoms with Gasteiger partial charge in [-0.1, -0.05) is 32.9 Å². The molecule has 1 aromatic rings. The number of carbonyl (C=O) groups excluding carboxylic acids is 2. The first-order valence-corrected chi connectivity index (χ1v) is 8.71. The first kappa shape index (κ1) is 19.2. The highest BCUT2D eigenvalue weighted by atomic mass is 16.5. The summed E-state index contributed by atoms with van der Waals surface area (Å²) in [7, 11) is 1.75. The zero-order valence-corrected chi connectivity index (χ0v) is 15.7. The maximum absolute atomic E-state index is 12.2. The van der Waals surface area contributed by atoms with Crippen LogP contribution in [-0.2, 0) is 20.9 Å². The molecule has 1 heterocycles. The van der Waals surface area contributed by atoms with Crippen molar-refractivity contribution in [1.29, 1.82) is 0 Å². The number of nitrogens with zero attached hydrogens (tertiary/aromatic N) is 2. The summed E-state index contributed by atoms with van der Waals surface area (Å²) in [6.45, 7) is 9.37. The fourth-order valence-electron chi connectivity index (χ4n) is 2.55.